The molecule has 80 valence electrons. The predicted octanol–water partition coefficient (Wildman–Crippen LogP) is 1.50. The monoisotopic (exact) mass is 201 g/mol. The summed E-state index contributed by atoms with van der Waals surface area (Å²) in [5.74, 6) is 0. The lowest BCUT2D eigenvalue weighted by Gasteiger charge is -2.33. The van der Waals surface area contributed by atoms with E-state index in [2.05, 4.69) is 5.18 Å². The summed E-state index contributed by atoms with van der Waals surface area (Å²) in [6.45, 7) is 6.62. The highest BCUT2D eigenvalue weighted by atomic mass is 16.6. The van der Waals surface area contributed by atoms with Crippen molar-refractivity contribution in [1.82, 2.24) is 10.1 Å². The third-order valence-corrected chi connectivity index (χ3v) is 2.60. The molecule has 0 saturated carbocycles. The molecule has 0 amide bonds. The van der Waals surface area contributed by atoms with Crippen molar-refractivity contribution >= 4 is 0 Å². The van der Waals surface area contributed by atoms with Gasteiger partial charge in [0.2, 0.25) is 0 Å². The van der Waals surface area contributed by atoms with Gasteiger partial charge in [0.05, 0.1) is 17.4 Å². The number of hydroxylamine groups is 4. The van der Waals surface area contributed by atoms with Crippen LogP contribution in [0.1, 0.15) is 27.7 Å². The van der Waals surface area contributed by atoms with Gasteiger partial charge in [0, 0.05) is 0 Å². The van der Waals surface area contributed by atoms with Gasteiger partial charge in [0.15, 0.2) is 0 Å². The minimum Gasteiger partial charge on any atom is -0.311 e. The van der Waals surface area contributed by atoms with Crippen LogP contribution in [0.5, 0.6) is 0 Å². The van der Waals surface area contributed by atoms with E-state index in [0.29, 0.717) is 0 Å². The molecule has 0 unspecified atom stereocenters. The summed E-state index contributed by atoms with van der Waals surface area (Å²) in [6.07, 6.45) is 0.998. The molecule has 0 spiro atoms. The molecule has 0 radical (unpaired) electrons. The van der Waals surface area contributed by atoms with Crippen molar-refractivity contribution in [2.24, 2.45) is 5.18 Å². The first-order chi connectivity index (χ1) is 6.26. The van der Waals surface area contributed by atoms with Gasteiger partial charge in [-0.2, -0.15) is 5.06 Å². The molecule has 2 N–H and O–H groups in total. The molecule has 14 heavy (non-hydrogen) atoms. The average Bonchev–Trinajstić information content (AvgIpc) is 2.19. The number of hydrogen-bond donors (Lipinski definition) is 2. The van der Waals surface area contributed by atoms with E-state index in [1.165, 1.54) is 0 Å². The molecular formula is C8H15N3O3. The smallest absolute Gasteiger partial charge is 0.136 e. The van der Waals surface area contributed by atoms with Crippen molar-refractivity contribution in [3.63, 3.8) is 0 Å². The van der Waals surface area contributed by atoms with Gasteiger partial charge in [0.25, 0.3) is 0 Å². The van der Waals surface area contributed by atoms with Crippen molar-refractivity contribution < 1.29 is 10.4 Å². The van der Waals surface area contributed by atoms with Crippen molar-refractivity contribution in [2.75, 3.05) is 0 Å². The molecule has 6 heteroatoms. The van der Waals surface area contributed by atoms with Crippen molar-refractivity contribution in [3.8, 4) is 0 Å². The van der Waals surface area contributed by atoms with E-state index >= 15 is 0 Å². The van der Waals surface area contributed by atoms with Crippen LogP contribution in [0.15, 0.2) is 17.1 Å². The van der Waals surface area contributed by atoms with Gasteiger partial charge >= 0.3 is 0 Å². The molecule has 1 rings (SSSR count). The largest absolute Gasteiger partial charge is 0.311 e. The van der Waals surface area contributed by atoms with Gasteiger partial charge < -0.3 is 5.21 Å². The Morgan fingerprint density at radius 2 is 1.79 bits per heavy atom. The summed E-state index contributed by atoms with van der Waals surface area (Å²) >= 11 is 0. The van der Waals surface area contributed by atoms with Crippen LogP contribution in [-0.2, 0) is 0 Å². The fourth-order valence-corrected chi connectivity index (χ4v) is 1.70. The second-order valence-corrected chi connectivity index (χ2v) is 4.30. The Balaban J connectivity index is 3.23. The molecule has 0 aromatic carbocycles. The Morgan fingerprint density at radius 1 is 1.29 bits per heavy atom. The van der Waals surface area contributed by atoms with Crippen LogP contribution in [-0.4, -0.2) is 31.7 Å². The van der Waals surface area contributed by atoms with E-state index in [9.17, 15) is 15.3 Å². The maximum absolute atomic E-state index is 10.1. The summed E-state index contributed by atoms with van der Waals surface area (Å²) in [7, 11) is 0. The summed E-state index contributed by atoms with van der Waals surface area (Å²) in [4.78, 5) is 10.1. The Hall–Kier alpha value is -0.980. The van der Waals surface area contributed by atoms with Crippen LogP contribution in [0.4, 0.5) is 0 Å². The van der Waals surface area contributed by atoms with E-state index < -0.39 is 11.2 Å². The molecule has 1 heterocycles. The van der Waals surface area contributed by atoms with E-state index in [4.69, 9.17) is 0 Å². The first-order valence-corrected chi connectivity index (χ1v) is 4.27. The van der Waals surface area contributed by atoms with Crippen LogP contribution >= 0.6 is 0 Å². The number of nitrogens with zero attached hydrogens (tertiary/aromatic N) is 3. The first kappa shape index (κ1) is 11.1. The number of hydrogen-bond acceptors (Lipinski definition) is 6. The van der Waals surface area contributed by atoms with Crippen LogP contribution < -0.4 is 0 Å². The van der Waals surface area contributed by atoms with Crippen LogP contribution in [0.3, 0.4) is 0 Å². The quantitative estimate of drug-likeness (QED) is 0.629. The lowest BCUT2D eigenvalue weighted by molar-refractivity contribution is -0.255. The highest BCUT2D eigenvalue weighted by Crippen LogP contribution is 2.41. The minimum absolute atomic E-state index is 0.264. The molecule has 1 aliphatic heterocycles. The summed E-state index contributed by atoms with van der Waals surface area (Å²) in [5.41, 5.74) is -1.55. The second kappa shape index (κ2) is 3.01. The molecule has 0 aliphatic carbocycles. The molecule has 1 aliphatic rings. The zero-order chi connectivity index (χ0) is 11.1. The molecule has 0 atom stereocenters. The van der Waals surface area contributed by atoms with Gasteiger partial charge in [0.1, 0.15) is 5.66 Å². The molecule has 0 bridgehead atoms. The highest BCUT2D eigenvalue weighted by molar-refractivity contribution is 5.21. The molecule has 0 aromatic rings. The fourth-order valence-electron chi connectivity index (χ4n) is 1.70. The van der Waals surface area contributed by atoms with Crippen LogP contribution in [0.25, 0.3) is 0 Å². The molecule has 0 aromatic heterocycles. The zero-order valence-electron chi connectivity index (χ0n) is 8.72. The summed E-state index contributed by atoms with van der Waals surface area (Å²) in [5, 5.41) is 24.0. The van der Waals surface area contributed by atoms with Crippen LogP contribution in [0.2, 0.25) is 0 Å². The van der Waals surface area contributed by atoms with Crippen molar-refractivity contribution in [2.45, 2.75) is 38.9 Å². The topological polar surface area (TPSA) is 76.4 Å². The lowest BCUT2D eigenvalue weighted by atomic mass is 10.0. The summed E-state index contributed by atoms with van der Waals surface area (Å²) in [6, 6.07) is 0. The van der Waals surface area contributed by atoms with Gasteiger partial charge in [-0.1, -0.05) is 0 Å². The van der Waals surface area contributed by atoms with Gasteiger partial charge in [-0.05, 0) is 32.9 Å². The highest BCUT2D eigenvalue weighted by Gasteiger charge is 2.53. The summed E-state index contributed by atoms with van der Waals surface area (Å²) < 4.78 is 0. The van der Waals surface area contributed by atoms with E-state index in [1.54, 1.807) is 27.7 Å². The van der Waals surface area contributed by atoms with Gasteiger partial charge in [-0.25, -0.2) is 5.06 Å². The van der Waals surface area contributed by atoms with Crippen molar-refractivity contribution in [1.29, 1.82) is 0 Å². The van der Waals surface area contributed by atoms with Crippen LogP contribution in [0, 0.1) is 4.91 Å². The Bertz CT molecular complexity index is 286. The zero-order valence-corrected chi connectivity index (χ0v) is 8.72. The lowest BCUT2D eigenvalue weighted by Crippen LogP contribution is -2.49. The minimum atomic E-state index is -0.972. The van der Waals surface area contributed by atoms with Gasteiger partial charge in [-0.3, -0.25) is 5.21 Å². The van der Waals surface area contributed by atoms with Gasteiger partial charge in [-0.15, -0.1) is 4.91 Å². The molecular weight excluding hydrogens is 186 g/mol. The Morgan fingerprint density at radius 3 is 2.07 bits per heavy atom. The third kappa shape index (κ3) is 1.23. The second-order valence-electron chi connectivity index (χ2n) is 4.30. The number of rotatable bonds is 1. The molecule has 1 saturated heterocycles. The number of nitroso groups, excluding NO2 is 1. The SMILES string of the molecule is CC1(C)C(=CN=O)N(O)C(C)(C)N1O. The first-order valence-electron chi connectivity index (χ1n) is 4.27. The predicted molar refractivity (Wildman–Crippen MR) is 49.3 cm³/mol. The van der Waals surface area contributed by atoms with E-state index in [1.807, 2.05) is 0 Å². The Kier molecular flexibility index (Phi) is 2.39. The molecule has 1 fully saturated rings. The third-order valence-electron chi connectivity index (χ3n) is 2.60. The fraction of sp³-hybridized carbons (Fsp3) is 0.750. The standard InChI is InChI=1S/C8H15N3O3/c1-7(2)6(5-9-12)10(13)8(3,4)11(7)14/h5,13-14H,1-4H3. The van der Waals surface area contributed by atoms with Crippen molar-refractivity contribution in [3.05, 3.63) is 16.8 Å². The van der Waals surface area contributed by atoms with E-state index in [-0.39, 0.29) is 5.70 Å². The Labute approximate surface area is 82.3 Å². The maximum Gasteiger partial charge on any atom is 0.136 e. The molecule has 6 nitrogen and oxygen atoms in total. The van der Waals surface area contributed by atoms with E-state index in [0.717, 1.165) is 16.3 Å². The normalized spacial score (nSPS) is 28.4. The maximum atomic E-state index is 10.1. The average molecular weight is 201 g/mol.